The predicted molar refractivity (Wildman–Crippen MR) is 96.3 cm³/mol. The minimum absolute atomic E-state index is 0.262. The number of aromatic amines is 2. The number of benzene rings is 3. The quantitative estimate of drug-likeness (QED) is 0.380. The normalized spacial score (nSPS) is 14.0. The third-order valence-electron chi connectivity index (χ3n) is 5.30. The van der Waals surface area contributed by atoms with Crippen LogP contribution in [0.15, 0.2) is 36.4 Å². The summed E-state index contributed by atoms with van der Waals surface area (Å²) in [7, 11) is 0. The van der Waals surface area contributed by atoms with E-state index in [4.69, 9.17) is 0 Å². The summed E-state index contributed by atoms with van der Waals surface area (Å²) in [6, 6.07) is 9.61. The first-order valence-electron chi connectivity index (χ1n) is 8.28. The van der Waals surface area contributed by atoms with Gasteiger partial charge >= 0.3 is 0 Å². The van der Waals surface area contributed by atoms with Crippen LogP contribution in [0.5, 0.6) is 0 Å². The molecular formula is C20H11F2N3O. The molecule has 3 aromatic carbocycles. The minimum Gasteiger partial charge on any atom is -0.353 e. The topological polar surface area (TPSA) is 60.7 Å². The highest BCUT2D eigenvalue weighted by Gasteiger charge is 2.30. The van der Waals surface area contributed by atoms with Crippen LogP contribution in [0, 0.1) is 11.6 Å². The molecule has 1 aliphatic heterocycles. The van der Waals surface area contributed by atoms with E-state index in [1.165, 1.54) is 12.1 Å². The molecule has 0 bridgehead atoms. The zero-order valence-corrected chi connectivity index (χ0v) is 13.3. The van der Waals surface area contributed by atoms with Gasteiger partial charge in [0.15, 0.2) is 0 Å². The number of fused-ring (bicyclic) bond motifs is 10. The Kier molecular flexibility index (Phi) is 2.34. The van der Waals surface area contributed by atoms with Crippen LogP contribution in [0.25, 0.3) is 43.6 Å². The number of H-pyrrole nitrogens is 2. The van der Waals surface area contributed by atoms with Gasteiger partial charge in [0.2, 0.25) is 0 Å². The van der Waals surface area contributed by atoms with Gasteiger partial charge in [0.05, 0.1) is 16.6 Å². The highest BCUT2D eigenvalue weighted by Crippen LogP contribution is 2.42. The van der Waals surface area contributed by atoms with Crippen LogP contribution in [-0.2, 0) is 6.54 Å². The molecule has 0 fully saturated rings. The van der Waals surface area contributed by atoms with Crippen LogP contribution >= 0.6 is 0 Å². The Morgan fingerprint density at radius 3 is 2.00 bits per heavy atom. The molecule has 0 saturated carbocycles. The fourth-order valence-electron chi connectivity index (χ4n) is 4.30. The second kappa shape index (κ2) is 4.40. The summed E-state index contributed by atoms with van der Waals surface area (Å²) in [5.41, 5.74) is 3.69. The molecule has 1 aliphatic rings. The zero-order valence-electron chi connectivity index (χ0n) is 13.3. The number of carbonyl (C=O) groups excluding carboxylic acids is 1. The Labute approximate surface area is 144 Å². The SMILES string of the molecule is O=C1NCc2c1c1c([nH]c3cccc(F)c31)c1[nH]c3cccc(F)c3c21. The standard InChI is InChI=1S/C20H11F2N3O/c21-9-3-1-5-11-15(9)13-8-7-23-20(26)14(8)17-16-10(22)4-2-6-12(16)25-19(17)18(13)24-11/h1-6,24-25H,7H2,(H,23,26). The van der Waals surface area contributed by atoms with Gasteiger partial charge in [0, 0.05) is 39.1 Å². The van der Waals surface area contributed by atoms with E-state index in [2.05, 4.69) is 15.3 Å². The maximum Gasteiger partial charge on any atom is 0.252 e. The molecule has 2 aromatic heterocycles. The maximum absolute atomic E-state index is 14.6. The van der Waals surface area contributed by atoms with E-state index < -0.39 is 5.82 Å². The van der Waals surface area contributed by atoms with Crippen LogP contribution in [0.2, 0.25) is 0 Å². The second-order valence-corrected chi connectivity index (χ2v) is 6.61. The highest BCUT2D eigenvalue weighted by atomic mass is 19.1. The maximum atomic E-state index is 14.6. The van der Waals surface area contributed by atoms with Gasteiger partial charge in [0.1, 0.15) is 11.6 Å². The summed E-state index contributed by atoms with van der Waals surface area (Å²) in [5, 5.41) is 4.86. The molecule has 0 atom stereocenters. The van der Waals surface area contributed by atoms with Crippen LogP contribution < -0.4 is 5.32 Å². The molecule has 1 amide bonds. The lowest BCUT2D eigenvalue weighted by Crippen LogP contribution is -2.12. The first-order valence-corrected chi connectivity index (χ1v) is 8.28. The van der Waals surface area contributed by atoms with E-state index in [0.29, 0.717) is 61.3 Å². The van der Waals surface area contributed by atoms with Crippen molar-refractivity contribution < 1.29 is 13.6 Å². The smallest absolute Gasteiger partial charge is 0.252 e. The van der Waals surface area contributed by atoms with Gasteiger partial charge in [-0.15, -0.1) is 0 Å². The van der Waals surface area contributed by atoms with Crippen molar-refractivity contribution in [2.24, 2.45) is 0 Å². The molecule has 4 nitrogen and oxygen atoms in total. The van der Waals surface area contributed by atoms with Crippen molar-refractivity contribution in [3.63, 3.8) is 0 Å². The minimum atomic E-state index is -0.391. The van der Waals surface area contributed by atoms with E-state index in [1.807, 2.05) is 0 Å². The number of hydrogen-bond donors (Lipinski definition) is 3. The fourth-order valence-corrected chi connectivity index (χ4v) is 4.30. The fraction of sp³-hybridized carbons (Fsp3) is 0.0500. The number of aromatic nitrogens is 2. The molecule has 6 heteroatoms. The number of carbonyl (C=O) groups is 1. The summed E-state index contributed by atoms with van der Waals surface area (Å²) < 4.78 is 29.2. The lowest BCUT2D eigenvalue weighted by molar-refractivity contribution is 0.0967. The van der Waals surface area contributed by atoms with Gasteiger partial charge in [-0.2, -0.15) is 0 Å². The Hall–Kier alpha value is -3.41. The van der Waals surface area contributed by atoms with E-state index in [1.54, 1.807) is 24.3 Å². The van der Waals surface area contributed by atoms with Crippen LogP contribution in [-0.4, -0.2) is 15.9 Å². The monoisotopic (exact) mass is 347 g/mol. The van der Waals surface area contributed by atoms with E-state index >= 15 is 0 Å². The number of halogens is 2. The van der Waals surface area contributed by atoms with Gasteiger partial charge in [-0.1, -0.05) is 12.1 Å². The van der Waals surface area contributed by atoms with Gasteiger partial charge < -0.3 is 15.3 Å². The summed E-state index contributed by atoms with van der Waals surface area (Å²) >= 11 is 0. The molecule has 0 spiro atoms. The zero-order chi connectivity index (χ0) is 17.6. The number of amides is 1. The van der Waals surface area contributed by atoms with E-state index in [0.717, 1.165) is 0 Å². The molecule has 0 aliphatic carbocycles. The third-order valence-corrected chi connectivity index (χ3v) is 5.30. The van der Waals surface area contributed by atoms with Gasteiger partial charge in [-0.3, -0.25) is 4.79 Å². The molecule has 126 valence electrons. The van der Waals surface area contributed by atoms with Crippen LogP contribution in [0.3, 0.4) is 0 Å². The molecule has 0 unspecified atom stereocenters. The molecule has 0 saturated heterocycles. The molecule has 3 N–H and O–H groups in total. The van der Waals surface area contributed by atoms with Crippen LogP contribution in [0.1, 0.15) is 15.9 Å². The molecule has 26 heavy (non-hydrogen) atoms. The summed E-state index contributed by atoms with van der Waals surface area (Å²) in [4.78, 5) is 19.0. The third kappa shape index (κ3) is 1.46. The lowest BCUT2D eigenvalue weighted by Gasteiger charge is -2.04. The Balaban J connectivity index is 2.02. The number of hydrogen-bond acceptors (Lipinski definition) is 1. The summed E-state index contributed by atoms with van der Waals surface area (Å²) in [6.45, 7) is 0.295. The van der Waals surface area contributed by atoms with Crippen molar-refractivity contribution >= 4 is 49.5 Å². The van der Waals surface area contributed by atoms with Crippen molar-refractivity contribution in [2.75, 3.05) is 0 Å². The Morgan fingerprint density at radius 2 is 1.35 bits per heavy atom. The van der Waals surface area contributed by atoms with Crippen molar-refractivity contribution in [3.05, 3.63) is 59.2 Å². The van der Waals surface area contributed by atoms with Gasteiger partial charge in [-0.25, -0.2) is 8.78 Å². The summed E-state index contributed by atoms with van der Waals surface area (Å²) in [5.74, 6) is -1.00. The second-order valence-electron chi connectivity index (χ2n) is 6.61. The van der Waals surface area contributed by atoms with Gasteiger partial charge in [0.25, 0.3) is 5.91 Å². The molecule has 3 heterocycles. The van der Waals surface area contributed by atoms with Crippen LogP contribution in [0.4, 0.5) is 8.78 Å². The molecular weight excluding hydrogens is 336 g/mol. The Morgan fingerprint density at radius 1 is 0.769 bits per heavy atom. The lowest BCUT2D eigenvalue weighted by atomic mass is 9.97. The van der Waals surface area contributed by atoms with E-state index in [-0.39, 0.29) is 11.7 Å². The predicted octanol–water partition coefficient (Wildman–Crippen LogP) is 4.48. The highest BCUT2D eigenvalue weighted by molar-refractivity contribution is 6.30. The summed E-state index contributed by atoms with van der Waals surface area (Å²) in [6.07, 6.45) is 0. The van der Waals surface area contributed by atoms with Crippen molar-refractivity contribution in [1.82, 2.24) is 15.3 Å². The molecule has 0 radical (unpaired) electrons. The average molecular weight is 347 g/mol. The average Bonchev–Trinajstić information content (AvgIpc) is 3.28. The van der Waals surface area contributed by atoms with Gasteiger partial charge in [-0.05, 0) is 29.8 Å². The number of nitrogens with one attached hydrogen (secondary N) is 3. The van der Waals surface area contributed by atoms with Crippen molar-refractivity contribution in [1.29, 1.82) is 0 Å². The molecule has 6 rings (SSSR count). The molecule has 5 aromatic rings. The first kappa shape index (κ1) is 13.8. The number of rotatable bonds is 0. The van der Waals surface area contributed by atoms with Crippen molar-refractivity contribution in [2.45, 2.75) is 6.54 Å². The Bertz CT molecular complexity index is 1430. The largest absolute Gasteiger partial charge is 0.353 e. The van der Waals surface area contributed by atoms with Crippen molar-refractivity contribution in [3.8, 4) is 0 Å². The van der Waals surface area contributed by atoms with E-state index in [9.17, 15) is 13.6 Å². The first-order chi connectivity index (χ1) is 12.6.